The van der Waals surface area contributed by atoms with Crippen molar-refractivity contribution in [2.45, 2.75) is 19.3 Å². The van der Waals surface area contributed by atoms with E-state index in [-0.39, 0.29) is 18.1 Å². The van der Waals surface area contributed by atoms with Gasteiger partial charge in [-0.2, -0.15) is 0 Å². The van der Waals surface area contributed by atoms with E-state index in [1.807, 2.05) is 0 Å². The van der Waals surface area contributed by atoms with Gasteiger partial charge < -0.3 is 14.8 Å². The Labute approximate surface area is 150 Å². The number of carbonyl (C=O) groups is 1. The maximum atomic E-state index is 13.5. The zero-order valence-electron chi connectivity index (χ0n) is 13.7. The zero-order chi connectivity index (χ0) is 17.6. The molecule has 0 spiro atoms. The second-order valence-corrected chi connectivity index (χ2v) is 6.23. The second kappa shape index (κ2) is 8.21. The molecule has 0 saturated carbocycles. The highest BCUT2D eigenvalue weighted by Gasteiger charge is 2.16. The van der Waals surface area contributed by atoms with Crippen LogP contribution in [0.1, 0.15) is 17.5 Å². The Balaban J connectivity index is 1.57. The molecule has 1 aliphatic heterocycles. The largest absolute Gasteiger partial charge is 0.489 e. The number of benzene rings is 2. The summed E-state index contributed by atoms with van der Waals surface area (Å²) < 4.78 is 24.7. The molecular weight excluding hydrogens is 345 g/mol. The molecule has 1 amide bonds. The third-order valence-electron chi connectivity index (χ3n) is 3.90. The smallest absolute Gasteiger partial charge is 0.224 e. The highest BCUT2D eigenvalue weighted by molar-refractivity contribution is 6.32. The number of nitrogens with one attached hydrogen (secondary N) is 1. The predicted octanol–water partition coefficient (Wildman–Crippen LogP) is 3.54. The molecule has 1 aliphatic rings. The first-order chi connectivity index (χ1) is 12.1. The third kappa shape index (κ3) is 4.63. The average molecular weight is 364 g/mol. The molecule has 0 aromatic heterocycles. The van der Waals surface area contributed by atoms with Gasteiger partial charge in [-0.15, -0.1) is 0 Å². The summed E-state index contributed by atoms with van der Waals surface area (Å²) in [5.41, 5.74) is 1.33. The number of fused-ring (bicyclic) bond motifs is 1. The van der Waals surface area contributed by atoms with Crippen molar-refractivity contribution >= 4 is 17.5 Å². The molecule has 0 unspecified atom stereocenters. The van der Waals surface area contributed by atoms with E-state index in [1.54, 1.807) is 30.3 Å². The normalized spacial score (nSPS) is 13.2. The van der Waals surface area contributed by atoms with Gasteiger partial charge in [-0.05, 0) is 35.7 Å². The molecule has 0 saturated heterocycles. The molecular formula is C19H19ClFNO3. The SMILES string of the molecule is O=C(Cc1cc(Cl)c2c(c1)OCCCO2)NCCc1ccccc1F. The maximum absolute atomic E-state index is 13.5. The first-order valence-electron chi connectivity index (χ1n) is 8.21. The topological polar surface area (TPSA) is 47.6 Å². The van der Waals surface area contributed by atoms with Crippen molar-refractivity contribution in [2.24, 2.45) is 0 Å². The average Bonchev–Trinajstić information content (AvgIpc) is 2.82. The zero-order valence-corrected chi connectivity index (χ0v) is 14.4. The van der Waals surface area contributed by atoms with Gasteiger partial charge in [-0.1, -0.05) is 29.8 Å². The van der Waals surface area contributed by atoms with Crippen molar-refractivity contribution in [2.75, 3.05) is 19.8 Å². The summed E-state index contributed by atoms with van der Waals surface area (Å²) in [6.45, 7) is 1.49. The molecule has 0 bridgehead atoms. The number of hydrogen-bond donors (Lipinski definition) is 1. The van der Waals surface area contributed by atoms with Crippen LogP contribution < -0.4 is 14.8 Å². The number of halogens is 2. The van der Waals surface area contributed by atoms with Gasteiger partial charge in [0.15, 0.2) is 11.5 Å². The standard InChI is InChI=1S/C19H19ClFNO3/c20-15-10-13(11-17-19(15)25-9-3-8-24-17)12-18(23)22-7-6-14-4-1-2-5-16(14)21/h1-2,4-5,10-11H,3,6-9,12H2,(H,22,23). The molecule has 25 heavy (non-hydrogen) atoms. The van der Waals surface area contributed by atoms with Gasteiger partial charge >= 0.3 is 0 Å². The Hall–Kier alpha value is -2.27. The van der Waals surface area contributed by atoms with Crippen LogP contribution in [0.5, 0.6) is 11.5 Å². The Morgan fingerprint density at radius 2 is 2.00 bits per heavy atom. The fourth-order valence-corrected chi connectivity index (χ4v) is 2.96. The lowest BCUT2D eigenvalue weighted by molar-refractivity contribution is -0.120. The Kier molecular flexibility index (Phi) is 5.76. The summed E-state index contributed by atoms with van der Waals surface area (Å²) in [4.78, 5) is 12.1. The van der Waals surface area contributed by atoms with E-state index in [1.165, 1.54) is 6.07 Å². The number of carbonyl (C=O) groups excluding carboxylic acids is 1. The first kappa shape index (κ1) is 17.5. The summed E-state index contributed by atoms with van der Waals surface area (Å²) in [6.07, 6.45) is 1.41. The van der Waals surface area contributed by atoms with Crippen molar-refractivity contribution in [1.82, 2.24) is 5.32 Å². The monoisotopic (exact) mass is 363 g/mol. The van der Waals surface area contributed by atoms with Crippen LogP contribution in [-0.2, 0) is 17.6 Å². The van der Waals surface area contributed by atoms with Crippen LogP contribution in [0.25, 0.3) is 0 Å². The Morgan fingerprint density at radius 1 is 1.20 bits per heavy atom. The van der Waals surface area contributed by atoms with E-state index in [2.05, 4.69) is 5.32 Å². The minimum absolute atomic E-state index is 0.151. The van der Waals surface area contributed by atoms with E-state index in [0.29, 0.717) is 48.3 Å². The summed E-state index contributed by atoms with van der Waals surface area (Å²) in [7, 11) is 0. The fraction of sp³-hybridized carbons (Fsp3) is 0.316. The molecule has 132 valence electrons. The predicted molar refractivity (Wildman–Crippen MR) is 93.9 cm³/mol. The number of rotatable bonds is 5. The van der Waals surface area contributed by atoms with E-state index < -0.39 is 0 Å². The number of ether oxygens (including phenoxy) is 2. The minimum Gasteiger partial charge on any atom is -0.489 e. The quantitative estimate of drug-likeness (QED) is 0.883. The number of hydrogen-bond acceptors (Lipinski definition) is 3. The van der Waals surface area contributed by atoms with Gasteiger partial charge in [0.05, 0.1) is 24.7 Å². The van der Waals surface area contributed by atoms with E-state index >= 15 is 0 Å². The molecule has 3 rings (SSSR count). The van der Waals surface area contributed by atoms with Crippen LogP contribution in [0.3, 0.4) is 0 Å². The lowest BCUT2D eigenvalue weighted by Crippen LogP contribution is -2.27. The van der Waals surface area contributed by atoms with Crippen LogP contribution in [0.2, 0.25) is 5.02 Å². The van der Waals surface area contributed by atoms with Gasteiger partial charge in [0.1, 0.15) is 5.82 Å². The molecule has 6 heteroatoms. The molecule has 0 aliphatic carbocycles. The summed E-state index contributed by atoms with van der Waals surface area (Å²) in [5, 5.41) is 3.24. The molecule has 0 fully saturated rings. The van der Waals surface area contributed by atoms with Gasteiger partial charge in [-0.25, -0.2) is 4.39 Å². The molecule has 1 heterocycles. The van der Waals surface area contributed by atoms with Crippen LogP contribution in [0.4, 0.5) is 4.39 Å². The second-order valence-electron chi connectivity index (χ2n) is 5.82. The van der Waals surface area contributed by atoms with E-state index in [9.17, 15) is 9.18 Å². The molecule has 0 radical (unpaired) electrons. The fourth-order valence-electron chi connectivity index (χ4n) is 2.67. The highest BCUT2D eigenvalue weighted by Crippen LogP contribution is 2.38. The lowest BCUT2D eigenvalue weighted by Gasteiger charge is -2.12. The molecule has 2 aromatic rings. The molecule has 0 atom stereocenters. The molecule has 1 N–H and O–H groups in total. The lowest BCUT2D eigenvalue weighted by atomic mass is 10.1. The molecule has 4 nitrogen and oxygen atoms in total. The maximum Gasteiger partial charge on any atom is 0.224 e. The summed E-state index contributed by atoms with van der Waals surface area (Å²) in [5.74, 6) is 0.690. The van der Waals surface area contributed by atoms with Gasteiger partial charge in [-0.3, -0.25) is 4.79 Å². The third-order valence-corrected chi connectivity index (χ3v) is 4.18. The van der Waals surface area contributed by atoms with Gasteiger partial charge in [0.25, 0.3) is 0 Å². The van der Waals surface area contributed by atoms with Crippen molar-refractivity contribution in [3.8, 4) is 11.5 Å². The van der Waals surface area contributed by atoms with Crippen LogP contribution >= 0.6 is 11.6 Å². The van der Waals surface area contributed by atoms with Crippen LogP contribution in [0.15, 0.2) is 36.4 Å². The summed E-state index contributed by atoms with van der Waals surface area (Å²) >= 11 is 6.23. The van der Waals surface area contributed by atoms with Crippen molar-refractivity contribution in [3.63, 3.8) is 0 Å². The van der Waals surface area contributed by atoms with Gasteiger partial charge in [0.2, 0.25) is 5.91 Å². The molecule has 2 aromatic carbocycles. The van der Waals surface area contributed by atoms with Crippen molar-refractivity contribution in [3.05, 3.63) is 58.4 Å². The van der Waals surface area contributed by atoms with Crippen molar-refractivity contribution < 1.29 is 18.7 Å². The van der Waals surface area contributed by atoms with E-state index in [4.69, 9.17) is 21.1 Å². The first-order valence-corrected chi connectivity index (χ1v) is 8.59. The minimum atomic E-state index is -0.258. The van der Waals surface area contributed by atoms with E-state index in [0.717, 1.165) is 12.0 Å². The van der Waals surface area contributed by atoms with Gasteiger partial charge in [0, 0.05) is 13.0 Å². The Morgan fingerprint density at radius 3 is 2.84 bits per heavy atom. The van der Waals surface area contributed by atoms with Crippen molar-refractivity contribution in [1.29, 1.82) is 0 Å². The highest BCUT2D eigenvalue weighted by atomic mass is 35.5. The van der Waals surface area contributed by atoms with Crippen LogP contribution in [0, 0.1) is 5.82 Å². The summed E-state index contributed by atoms with van der Waals surface area (Å²) in [6, 6.07) is 10.0. The van der Waals surface area contributed by atoms with Crippen LogP contribution in [-0.4, -0.2) is 25.7 Å². The Bertz CT molecular complexity index is 766. The number of amides is 1.